The second kappa shape index (κ2) is 7.87. The fraction of sp³-hybridized carbons (Fsp3) is 0.786. The predicted molar refractivity (Wildman–Crippen MR) is 80.3 cm³/mol. The second-order valence-corrected chi connectivity index (χ2v) is 6.24. The van der Waals surface area contributed by atoms with Gasteiger partial charge >= 0.3 is 0 Å². The molecule has 1 aromatic rings. The lowest BCUT2D eigenvalue weighted by atomic mass is 10.2. The molecule has 1 N–H and O–H groups in total. The van der Waals surface area contributed by atoms with Crippen molar-refractivity contribution in [1.82, 2.24) is 15.2 Å². The highest BCUT2D eigenvalue weighted by atomic mass is 32.1. The molecule has 0 radical (unpaired) electrons. The van der Waals surface area contributed by atoms with Gasteiger partial charge in [0.2, 0.25) is 0 Å². The maximum absolute atomic E-state index is 4.76. The highest BCUT2D eigenvalue weighted by Crippen LogP contribution is 2.20. The Labute approximate surface area is 116 Å². The van der Waals surface area contributed by atoms with Gasteiger partial charge in [0.25, 0.3) is 0 Å². The van der Waals surface area contributed by atoms with Crippen molar-refractivity contribution in [3.05, 3.63) is 15.6 Å². The van der Waals surface area contributed by atoms with E-state index < -0.39 is 0 Å². The van der Waals surface area contributed by atoms with Crippen molar-refractivity contribution in [1.29, 1.82) is 0 Å². The molecule has 0 spiro atoms. The molecule has 0 aliphatic heterocycles. The predicted octanol–water partition coefficient (Wildman–Crippen LogP) is 2.70. The fourth-order valence-electron chi connectivity index (χ4n) is 1.69. The molecule has 1 aromatic heterocycles. The highest BCUT2D eigenvalue weighted by molar-refractivity contribution is 7.11. The van der Waals surface area contributed by atoms with Crippen molar-refractivity contribution in [2.24, 2.45) is 0 Å². The minimum atomic E-state index is 0.585. The van der Waals surface area contributed by atoms with Gasteiger partial charge in [0, 0.05) is 30.4 Å². The van der Waals surface area contributed by atoms with Crippen molar-refractivity contribution in [3.8, 4) is 0 Å². The Morgan fingerprint density at radius 1 is 1.33 bits per heavy atom. The molecule has 18 heavy (non-hydrogen) atoms. The second-order valence-electron chi connectivity index (χ2n) is 5.07. The lowest BCUT2D eigenvalue weighted by Gasteiger charge is -2.10. The molecule has 1 atom stereocenters. The number of hydrogen-bond donors (Lipinski definition) is 1. The molecule has 0 saturated heterocycles. The lowest BCUT2D eigenvalue weighted by Crippen LogP contribution is -2.24. The molecule has 1 heterocycles. The third kappa shape index (κ3) is 5.04. The van der Waals surface area contributed by atoms with Gasteiger partial charge < -0.3 is 10.2 Å². The quantitative estimate of drug-likeness (QED) is 0.786. The number of nitrogens with one attached hydrogen (secondary N) is 1. The minimum absolute atomic E-state index is 0.585. The summed E-state index contributed by atoms with van der Waals surface area (Å²) >= 11 is 1.88. The van der Waals surface area contributed by atoms with E-state index in [0.717, 1.165) is 25.9 Å². The fourth-order valence-corrected chi connectivity index (χ4v) is 2.79. The van der Waals surface area contributed by atoms with Crippen LogP contribution in [-0.4, -0.2) is 36.6 Å². The first kappa shape index (κ1) is 15.6. The highest BCUT2D eigenvalue weighted by Gasteiger charge is 2.10. The van der Waals surface area contributed by atoms with E-state index in [2.05, 4.69) is 45.1 Å². The Hall–Kier alpha value is -0.450. The summed E-state index contributed by atoms with van der Waals surface area (Å²) < 4.78 is 0. The van der Waals surface area contributed by atoms with Crippen LogP contribution in [0, 0.1) is 0 Å². The zero-order valence-electron chi connectivity index (χ0n) is 12.4. The summed E-state index contributed by atoms with van der Waals surface area (Å²) in [4.78, 5) is 8.39. The molecule has 0 amide bonds. The van der Waals surface area contributed by atoms with E-state index in [0.29, 0.717) is 6.04 Å². The van der Waals surface area contributed by atoms with E-state index in [1.807, 2.05) is 11.3 Å². The van der Waals surface area contributed by atoms with Gasteiger partial charge in [0.15, 0.2) is 0 Å². The molecule has 0 fully saturated rings. The maximum atomic E-state index is 4.76. The number of hydrogen-bond acceptors (Lipinski definition) is 4. The SMILES string of the molecule is CCc1nc(CCN(C)C)sc1CNC(C)CC. The molecule has 0 saturated carbocycles. The van der Waals surface area contributed by atoms with Gasteiger partial charge in [-0.1, -0.05) is 13.8 Å². The first-order chi connectivity index (χ1) is 8.56. The number of rotatable bonds is 8. The van der Waals surface area contributed by atoms with E-state index in [9.17, 15) is 0 Å². The molecule has 0 bridgehead atoms. The number of nitrogens with zero attached hydrogens (tertiary/aromatic N) is 2. The Kier molecular flexibility index (Phi) is 6.82. The van der Waals surface area contributed by atoms with Crippen LogP contribution in [-0.2, 0) is 19.4 Å². The summed E-state index contributed by atoms with van der Waals surface area (Å²) in [6, 6.07) is 0.585. The number of likely N-dealkylation sites (N-methyl/N-ethyl adjacent to an activating group) is 1. The largest absolute Gasteiger partial charge is 0.309 e. The Morgan fingerprint density at radius 2 is 2.06 bits per heavy atom. The third-order valence-corrected chi connectivity index (χ3v) is 4.31. The Balaban J connectivity index is 2.60. The molecule has 0 aromatic carbocycles. The molecule has 0 aliphatic rings. The number of aromatic nitrogens is 1. The average Bonchev–Trinajstić information content (AvgIpc) is 2.75. The molecule has 0 aliphatic carbocycles. The summed E-state index contributed by atoms with van der Waals surface area (Å²) in [5.41, 5.74) is 1.28. The van der Waals surface area contributed by atoms with Crippen molar-refractivity contribution in [3.63, 3.8) is 0 Å². The van der Waals surface area contributed by atoms with Gasteiger partial charge in [-0.05, 0) is 33.9 Å². The molecular formula is C14H27N3S. The van der Waals surface area contributed by atoms with E-state index >= 15 is 0 Å². The zero-order valence-corrected chi connectivity index (χ0v) is 13.2. The van der Waals surface area contributed by atoms with E-state index in [1.165, 1.54) is 22.0 Å². The Morgan fingerprint density at radius 3 is 2.61 bits per heavy atom. The van der Waals surface area contributed by atoms with Crippen molar-refractivity contribution >= 4 is 11.3 Å². The van der Waals surface area contributed by atoms with Gasteiger partial charge in [-0.25, -0.2) is 4.98 Å². The van der Waals surface area contributed by atoms with Crippen LogP contribution in [0.25, 0.3) is 0 Å². The first-order valence-electron chi connectivity index (χ1n) is 6.92. The molecule has 4 heteroatoms. The van der Waals surface area contributed by atoms with Crippen molar-refractivity contribution < 1.29 is 0 Å². The van der Waals surface area contributed by atoms with Gasteiger partial charge in [-0.3, -0.25) is 0 Å². The van der Waals surface area contributed by atoms with Crippen LogP contribution in [0.4, 0.5) is 0 Å². The van der Waals surface area contributed by atoms with Crippen LogP contribution in [0.15, 0.2) is 0 Å². The first-order valence-corrected chi connectivity index (χ1v) is 7.74. The van der Waals surface area contributed by atoms with Gasteiger partial charge in [0.05, 0.1) is 10.7 Å². The smallest absolute Gasteiger partial charge is 0.0944 e. The Bertz CT molecular complexity index is 347. The summed E-state index contributed by atoms with van der Waals surface area (Å²) in [5.74, 6) is 0. The zero-order chi connectivity index (χ0) is 13.5. The van der Waals surface area contributed by atoms with Crippen LogP contribution in [0.5, 0.6) is 0 Å². The number of aryl methyl sites for hydroxylation is 1. The third-order valence-electron chi connectivity index (χ3n) is 3.15. The molecular weight excluding hydrogens is 242 g/mol. The molecule has 3 nitrogen and oxygen atoms in total. The maximum Gasteiger partial charge on any atom is 0.0944 e. The molecule has 1 rings (SSSR count). The standard InChI is InChI=1S/C14H27N3S/c1-6-11(3)15-10-13-12(7-2)16-14(18-13)8-9-17(4)5/h11,15H,6-10H2,1-5H3. The lowest BCUT2D eigenvalue weighted by molar-refractivity contribution is 0.413. The van der Waals surface area contributed by atoms with E-state index in [1.54, 1.807) is 0 Å². The van der Waals surface area contributed by atoms with Gasteiger partial charge in [0.1, 0.15) is 0 Å². The minimum Gasteiger partial charge on any atom is -0.309 e. The van der Waals surface area contributed by atoms with Crippen LogP contribution in [0.3, 0.4) is 0 Å². The monoisotopic (exact) mass is 269 g/mol. The topological polar surface area (TPSA) is 28.2 Å². The van der Waals surface area contributed by atoms with Crippen LogP contribution >= 0.6 is 11.3 Å². The van der Waals surface area contributed by atoms with Crippen molar-refractivity contribution in [2.45, 2.75) is 52.6 Å². The average molecular weight is 269 g/mol. The molecule has 1 unspecified atom stereocenters. The van der Waals surface area contributed by atoms with Crippen LogP contribution in [0.2, 0.25) is 0 Å². The van der Waals surface area contributed by atoms with Crippen LogP contribution < -0.4 is 5.32 Å². The number of thiazole rings is 1. The summed E-state index contributed by atoms with van der Waals surface area (Å²) in [6.45, 7) is 8.69. The van der Waals surface area contributed by atoms with E-state index in [4.69, 9.17) is 4.98 Å². The summed E-state index contributed by atoms with van der Waals surface area (Å²) in [7, 11) is 4.22. The van der Waals surface area contributed by atoms with Crippen molar-refractivity contribution in [2.75, 3.05) is 20.6 Å². The summed E-state index contributed by atoms with van der Waals surface area (Å²) in [5, 5.41) is 4.84. The van der Waals surface area contributed by atoms with Crippen LogP contribution in [0.1, 0.15) is 42.8 Å². The van der Waals surface area contributed by atoms with E-state index in [-0.39, 0.29) is 0 Å². The molecule has 104 valence electrons. The summed E-state index contributed by atoms with van der Waals surface area (Å²) in [6.07, 6.45) is 3.28. The van der Waals surface area contributed by atoms with Gasteiger partial charge in [-0.15, -0.1) is 11.3 Å². The normalized spacial score (nSPS) is 13.2. The van der Waals surface area contributed by atoms with Gasteiger partial charge in [-0.2, -0.15) is 0 Å².